The predicted molar refractivity (Wildman–Crippen MR) is 70.1 cm³/mol. The van der Waals surface area contributed by atoms with Crippen LogP contribution in [0.2, 0.25) is 0 Å². The van der Waals surface area contributed by atoms with Crippen LogP contribution in [-0.4, -0.2) is 47.2 Å². The Bertz CT molecular complexity index is 315. The molecule has 0 aromatic carbocycles. The fraction of sp³-hybridized carbons (Fsp3) is 0.769. The van der Waals surface area contributed by atoms with Crippen molar-refractivity contribution >= 4 is 0 Å². The average molecular weight is 236 g/mol. The van der Waals surface area contributed by atoms with Gasteiger partial charge >= 0.3 is 0 Å². The van der Waals surface area contributed by atoms with E-state index in [1.807, 2.05) is 6.33 Å². The van der Waals surface area contributed by atoms with E-state index in [9.17, 15) is 0 Å². The van der Waals surface area contributed by atoms with Crippen molar-refractivity contribution in [1.82, 2.24) is 19.8 Å². The second-order valence-electron chi connectivity index (χ2n) is 4.76. The lowest BCUT2D eigenvalue weighted by Gasteiger charge is -2.14. The molecule has 0 bridgehead atoms. The molecule has 17 heavy (non-hydrogen) atoms. The molecule has 1 aromatic rings. The molecule has 1 saturated heterocycles. The molecule has 2 heterocycles. The summed E-state index contributed by atoms with van der Waals surface area (Å²) in [7, 11) is 0. The lowest BCUT2D eigenvalue weighted by molar-refractivity contribution is 0.322. The molecule has 1 fully saturated rings. The molecule has 1 aliphatic rings. The number of likely N-dealkylation sites (N-methyl/N-ethyl adjacent to an activating group) is 1. The fourth-order valence-corrected chi connectivity index (χ4v) is 2.31. The molecule has 0 spiro atoms. The summed E-state index contributed by atoms with van der Waals surface area (Å²) in [6.07, 6.45) is 7.94. The number of nitrogens with zero attached hydrogens (tertiary/aromatic N) is 3. The van der Waals surface area contributed by atoms with Gasteiger partial charge in [0.15, 0.2) is 0 Å². The zero-order chi connectivity index (χ0) is 11.9. The van der Waals surface area contributed by atoms with Crippen molar-refractivity contribution < 1.29 is 0 Å². The number of aromatic nitrogens is 2. The summed E-state index contributed by atoms with van der Waals surface area (Å²) in [4.78, 5) is 6.98. The Morgan fingerprint density at radius 2 is 2.12 bits per heavy atom. The zero-order valence-electron chi connectivity index (χ0n) is 10.9. The molecular weight excluding hydrogens is 212 g/mol. The van der Waals surface area contributed by atoms with Crippen LogP contribution in [0.5, 0.6) is 0 Å². The van der Waals surface area contributed by atoms with Crippen LogP contribution in [0.15, 0.2) is 12.5 Å². The first-order chi connectivity index (χ1) is 8.38. The summed E-state index contributed by atoms with van der Waals surface area (Å²) in [6.45, 7) is 9.01. The van der Waals surface area contributed by atoms with Crippen LogP contribution in [-0.2, 0) is 13.0 Å². The SMILES string of the molecule is CCNCCc1cn(CCN2CCCC2)cn1. The third kappa shape index (κ3) is 4.13. The Hall–Kier alpha value is -0.870. The van der Waals surface area contributed by atoms with Gasteiger partial charge in [0.05, 0.1) is 12.0 Å². The van der Waals surface area contributed by atoms with Crippen LogP contribution in [0.4, 0.5) is 0 Å². The maximum Gasteiger partial charge on any atom is 0.0949 e. The molecule has 1 aliphatic heterocycles. The highest BCUT2D eigenvalue weighted by Gasteiger charge is 2.10. The number of rotatable bonds is 7. The number of hydrogen-bond donors (Lipinski definition) is 1. The maximum atomic E-state index is 4.44. The number of nitrogens with one attached hydrogen (secondary N) is 1. The molecule has 2 rings (SSSR count). The van der Waals surface area contributed by atoms with Gasteiger partial charge in [-0.1, -0.05) is 6.92 Å². The van der Waals surface area contributed by atoms with Crippen LogP contribution in [0.1, 0.15) is 25.5 Å². The first-order valence-corrected chi connectivity index (χ1v) is 6.82. The molecular formula is C13H24N4. The van der Waals surface area contributed by atoms with E-state index in [1.165, 1.54) is 38.2 Å². The smallest absolute Gasteiger partial charge is 0.0949 e. The molecule has 0 radical (unpaired) electrons. The van der Waals surface area contributed by atoms with Crippen LogP contribution in [0, 0.1) is 0 Å². The minimum Gasteiger partial charge on any atom is -0.336 e. The molecule has 0 aliphatic carbocycles. The van der Waals surface area contributed by atoms with Crippen molar-refractivity contribution in [3.63, 3.8) is 0 Å². The topological polar surface area (TPSA) is 33.1 Å². The number of hydrogen-bond acceptors (Lipinski definition) is 3. The summed E-state index contributed by atoms with van der Waals surface area (Å²) in [6, 6.07) is 0. The minimum atomic E-state index is 1.03. The summed E-state index contributed by atoms with van der Waals surface area (Å²) >= 11 is 0. The largest absolute Gasteiger partial charge is 0.336 e. The first kappa shape index (κ1) is 12.6. The first-order valence-electron chi connectivity index (χ1n) is 6.82. The van der Waals surface area contributed by atoms with E-state index in [4.69, 9.17) is 0 Å². The van der Waals surface area contributed by atoms with Gasteiger partial charge < -0.3 is 14.8 Å². The Labute approximate surface area is 104 Å². The van der Waals surface area contributed by atoms with Crippen molar-refractivity contribution in [2.75, 3.05) is 32.7 Å². The van der Waals surface area contributed by atoms with Crippen LogP contribution in [0.3, 0.4) is 0 Å². The van der Waals surface area contributed by atoms with Crippen molar-refractivity contribution in [3.05, 3.63) is 18.2 Å². The van der Waals surface area contributed by atoms with Gasteiger partial charge in [0.25, 0.3) is 0 Å². The summed E-state index contributed by atoms with van der Waals surface area (Å²) < 4.78 is 2.22. The van der Waals surface area contributed by atoms with Crippen molar-refractivity contribution in [2.45, 2.75) is 32.7 Å². The maximum absolute atomic E-state index is 4.44. The monoisotopic (exact) mass is 236 g/mol. The van der Waals surface area contributed by atoms with Crippen molar-refractivity contribution in [1.29, 1.82) is 0 Å². The minimum absolute atomic E-state index is 1.03. The second kappa shape index (κ2) is 6.77. The highest BCUT2D eigenvalue weighted by atomic mass is 15.2. The zero-order valence-corrected chi connectivity index (χ0v) is 10.9. The normalized spacial score (nSPS) is 16.8. The summed E-state index contributed by atoms with van der Waals surface area (Å²) in [5, 5.41) is 3.33. The predicted octanol–water partition coefficient (Wildman–Crippen LogP) is 1.13. The Morgan fingerprint density at radius 3 is 2.88 bits per heavy atom. The van der Waals surface area contributed by atoms with Gasteiger partial charge in [-0.15, -0.1) is 0 Å². The Morgan fingerprint density at radius 1 is 1.29 bits per heavy atom. The van der Waals surface area contributed by atoms with E-state index in [1.54, 1.807) is 0 Å². The lowest BCUT2D eigenvalue weighted by Crippen LogP contribution is -2.23. The van der Waals surface area contributed by atoms with Crippen LogP contribution >= 0.6 is 0 Å². The summed E-state index contributed by atoms with van der Waals surface area (Å²) in [5.74, 6) is 0. The highest BCUT2D eigenvalue weighted by Crippen LogP contribution is 2.07. The Kier molecular flexibility index (Phi) is 5.01. The van der Waals surface area contributed by atoms with Crippen LogP contribution in [0.25, 0.3) is 0 Å². The molecule has 0 unspecified atom stereocenters. The van der Waals surface area contributed by atoms with Gasteiger partial charge in [0, 0.05) is 32.3 Å². The fourth-order valence-electron chi connectivity index (χ4n) is 2.31. The molecule has 1 aromatic heterocycles. The highest BCUT2D eigenvalue weighted by molar-refractivity contribution is 4.97. The molecule has 96 valence electrons. The molecule has 1 N–H and O–H groups in total. The third-order valence-corrected chi connectivity index (χ3v) is 3.37. The average Bonchev–Trinajstić information content (AvgIpc) is 2.98. The van der Waals surface area contributed by atoms with Crippen molar-refractivity contribution in [3.8, 4) is 0 Å². The summed E-state index contributed by atoms with van der Waals surface area (Å²) in [5.41, 5.74) is 1.20. The van der Waals surface area contributed by atoms with Gasteiger partial charge in [-0.25, -0.2) is 4.98 Å². The Balaban J connectivity index is 1.69. The van der Waals surface area contributed by atoms with E-state index in [0.29, 0.717) is 0 Å². The quantitative estimate of drug-likeness (QED) is 0.721. The van der Waals surface area contributed by atoms with E-state index < -0.39 is 0 Å². The van der Waals surface area contributed by atoms with Gasteiger partial charge in [-0.3, -0.25) is 0 Å². The van der Waals surface area contributed by atoms with Gasteiger partial charge in [-0.05, 0) is 32.5 Å². The lowest BCUT2D eigenvalue weighted by atomic mass is 10.3. The van der Waals surface area contributed by atoms with Gasteiger partial charge in [0.1, 0.15) is 0 Å². The molecule has 0 saturated carbocycles. The van der Waals surface area contributed by atoms with E-state index in [0.717, 1.165) is 26.1 Å². The van der Waals surface area contributed by atoms with E-state index >= 15 is 0 Å². The van der Waals surface area contributed by atoms with Crippen molar-refractivity contribution in [2.24, 2.45) is 0 Å². The standard InChI is InChI=1S/C13H24N4/c1-2-14-6-5-13-11-17(12-15-13)10-9-16-7-3-4-8-16/h11-12,14H,2-10H2,1H3. The third-order valence-electron chi connectivity index (χ3n) is 3.37. The molecule has 4 heteroatoms. The second-order valence-corrected chi connectivity index (χ2v) is 4.76. The number of likely N-dealkylation sites (tertiary alicyclic amines) is 1. The molecule has 0 amide bonds. The van der Waals surface area contributed by atoms with E-state index in [-0.39, 0.29) is 0 Å². The molecule has 4 nitrogen and oxygen atoms in total. The van der Waals surface area contributed by atoms with Gasteiger partial charge in [0.2, 0.25) is 0 Å². The van der Waals surface area contributed by atoms with E-state index in [2.05, 4.69) is 32.9 Å². The van der Waals surface area contributed by atoms with Crippen LogP contribution < -0.4 is 5.32 Å². The molecule has 0 atom stereocenters. The number of imidazole rings is 1. The van der Waals surface area contributed by atoms with Gasteiger partial charge in [-0.2, -0.15) is 0 Å².